The Morgan fingerprint density at radius 1 is 1.45 bits per heavy atom. The number of nitrogens with zero attached hydrogens (tertiary/aromatic N) is 4. The van der Waals surface area contributed by atoms with Gasteiger partial charge in [-0.05, 0) is 18.8 Å². The van der Waals surface area contributed by atoms with Gasteiger partial charge < -0.3 is 15.3 Å². The van der Waals surface area contributed by atoms with E-state index in [2.05, 4.69) is 15.3 Å². The highest BCUT2D eigenvalue weighted by Crippen LogP contribution is 2.42. The number of rotatable bonds is 3. The molecule has 1 aromatic rings. The van der Waals surface area contributed by atoms with Crippen LogP contribution in [0.25, 0.3) is 0 Å². The molecule has 20 heavy (non-hydrogen) atoms. The average molecular weight is 279 g/mol. The highest BCUT2D eigenvalue weighted by atomic mass is 16.6. The lowest BCUT2D eigenvalue weighted by Gasteiger charge is -2.19. The molecule has 0 aromatic carbocycles. The van der Waals surface area contributed by atoms with Crippen molar-refractivity contribution in [3.8, 4) is 0 Å². The van der Waals surface area contributed by atoms with Crippen LogP contribution in [0.15, 0.2) is 6.33 Å². The zero-order valence-corrected chi connectivity index (χ0v) is 11.2. The van der Waals surface area contributed by atoms with Crippen molar-refractivity contribution in [1.29, 1.82) is 0 Å². The minimum absolute atomic E-state index is 0.0931. The number of anilines is 2. The van der Waals surface area contributed by atoms with Crippen LogP contribution in [0.4, 0.5) is 17.3 Å². The van der Waals surface area contributed by atoms with E-state index in [1.807, 2.05) is 4.90 Å². The van der Waals surface area contributed by atoms with Gasteiger partial charge in [0.2, 0.25) is 11.6 Å². The second-order valence-electron chi connectivity index (χ2n) is 5.38. The van der Waals surface area contributed by atoms with Crippen LogP contribution in [-0.4, -0.2) is 46.2 Å². The third kappa shape index (κ3) is 1.96. The van der Waals surface area contributed by atoms with Crippen molar-refractivity contribution in [2.45, 2.75) is 18.9 Å². The number of nitro groups is 1. The fourth-order valence-corrected chi connectivity index (χ4v) is 3.36. The van der Waals surface area contributed by atoms with Crippen LogP contribution in [0.2, 0.25) is 0 Å². The molecule has 1 saturated carbocycles. The predicted molar refractivity (Wildman–Crippen MR) is 72.7 cm³/mol. The van der Waals surface area contributed by atoms with Crippen molar-refractivity contribution in [2.24, 2.45) is 11.8 Å². The molecule has 108 valence electrons. The summed E-state index contributed by atoms with van der Waals surface area (Å²) in [5.74, 6) is 1.16. The Morgan fingerprint density at radius 2 is 2.25 bits per heavy atom. The first-order chi connectivity index (χ1) is 9.61. The molecule has 0 bridgehead atoms. The summed E-state index contributed by atoms with van der Waals surface area (Å²) < 4.78 is 0. The van der Waals surface area contributed by atoms with Crippen molar-refractivity contribution >= 4 is 17.3 Å². The lowest BCUT2D eigenvalue weighted by Crippen LogP contribution is -2.26. The SMILES string of the molecule is CNc1ncnc(N2CC3CCC(O)C3C2)c1[N+](=O)[O-]. The summed E-state index contributed by atoms with van der Waals surface area (Å²) >= 11 is 0. The molecule has 2 heterocycles. The largest absolute Gasteiger partial charge is 0.393 e. The molecular weight excluding hydrogens is 262 g/mol. The van der Waals surface area contributed by atoms with E-state index in [4.69, 9.17) is 0 Å². The van der Waals surface area contributed by atoms with E-state index < -0.39 is 4.92 Å². The van der Waals surface area contributed by atoms with Crippen LogP contribution >= 0.6 is 0 Å². The number of nitrogens with one attached hydrogen (secondary N) is 1. The number of hydrogen-bond donors (Lipinski definition) is 2. The van der Waals surface area contributed by atoms with Crippen LogP contribution in [0.5, 0.6) is 0 Å². The summed E-state index contributed by atoms with van der Waals surface area (Å²) in [6.07, 6.45) is 2.84. The number of aromatic nitrogens is 2. The van der Waals surface area contributed by atoms with Crippen LogP contribution < -0.4 is 10.2 Å². The van der Waals surface area contributed by atoms with E-state index in [1.165, 1.54) is 6.33 Å². The normalized spacial score (nSPS) is 28.5. The third-order valence-corrected chi connectivity index (χ3v) is 4.34. The van der Waals surface area contributed by atoms with Crippen molar-refractivity contribution < 1.29 is 10.0 Å². The Kier molecular flexibility index (Phi) is 3.17. The van der Waals surface area contributed by atoms with Gasteiger partial charge in [-0.1, -0.05) is 0 Å². The van der Waals surface area contributed by atoms with Gasteiger partial charge in [0.05, 0.1) is 11.0 Å². The summed E-state index contributed by atoms with van der Waals surface area (Å²) in [7, 11) is 1.60. The minimum Gasteiger partial charge on any atom is -0.393 e. The minimum atomic E-state index is -0.453. The third-order valence-electron chi connectivity index (χ3n) is 4.34. The summed E-state index contributed by atoms with van der Waals surface area (Å²) in [6, 6.07) is 0. The van der Waals surface area contributed by atoms with Gasteiger partial charge in [0.15, 0.2) is 0 Å². The van der Waals surface area contributed by atoms with E-state index in [0.717, 1.165) is 12.8 Å². The van der Waals surface area contributed by atoms with Crippen LogP contribution in [0.1, 0.15) is 12.8 Å². The predicted octanol–water partition coefficient (Wildman–Crippen LogP) is 0.634. The van der Waals surface area contributed by atoms with Crippen LogP contribution in [0.3, 0.4) is 0 Å². The van der Waals surface area contributed by atoms with Crippen LogP contribution in [-0.2, 0) is 0 Å². The average Bonchev–Trinajstić information content (AvgIpc) is 3.00. The molecule has 1 aliphatic heterocycles. The highest BCUT2D eigenvalue weighted by molar-refractivity contribution is 5.70. The standard InChI is InChI=1S/C12H17N5O3/c1-13-11-10(17(19)20)12(15-6-14-11)16-4-7-2-3-9(18)8(7)5-16/h6-9,18H,2-5H2,1H3,(H,13,14,15). The summed E-state index contributed by atoms with van der Waals surface area (Å²) in [4.78, 5) is 20.7. The fourth-order valence-electron chi connectivity index (χ4n) is 3.36. The monoisotopic (exact) mass is 279 g/mol. The molecule has 8 heteroatoms. The molecule has 1 saturated heterocycles. The second-order valence-corrected chi connectivity index (χ2v) is 5.38. The molecule has 2 N–H and O–H groups in total. The van der Waals surface area contributed by atoms with Crippen LogP contribution in [0, 0.1) is 22.0 Å². The van der Waals surface area contributed by atoms with Crippen molar-refractivity contribution in [1.82, 2.24) is 9.97 Å². The zero-order valence-electron chi connectivity index (χ0n) is 11.2. The number of fused-ring (bicyclic) bond motifs is 1. The van der Waals surface area contributed by atoms with Gasteiger partial charge in [0.1, 0.15) is 6.33 Å². The van der Waals surface area contributed by atoms with E-state index in [9.17, 15) is 15.2 Å². The van der Waals surface area contributed by atoms with Crippen molar-refractivity contribution in [2.75, 3.05) is 30.4 Å². The van der Waals surface area contributed by atoms with Crippen molar-refractivity contribution in [3.63, 3.8) is 0 Å². The molecule has 8 nitrogen and oxygen atoms in total. The lowest BCUT2D eigenvalue weighted by atomic mass is 10.00. The summed E-state index contributed by atoms with van der Waals surface area (Å²) in [6.45, 7) is 1.33. The molecule has 0 radical (unpaired) electrons. The first-order valence-electron chi connectivity index (χ1n) is 6.72. The topological polar surface area (TPSA) is 104 Å². The Bertz CT molecular complexity index is 538. The second kappa shape index (κ2) is 4.86. The van der Waals surface area contributed by atoms with Gasteiger partial charge >= 0.3 is 5.69 Å². The molecule has 1 aromatic heterocycles. The van der Waals surface area contributed by atoms with E-state index in [1.54, 1.807) is 7.05 Å². The van der Waals surface area contributed by atoms with Crippen molar-refractivity contribution in [3.05, 3.63) is 16.4 Å². The quantitative estimate of drug-likeness (QED) is 0.617. The Balaban J connectivity index is 1.93. The molecule has 1 aliphatic carbocycles. The smallest absolute Gasteiger partial charge is 0.353 e. The van der Waals surface area contributed by atoms with Gasteiger partial charge in [-0.2, -0.15) is 0 Å². The molecule has 0 amide bonds. The number of aliphatic hydroxyl groups excluding tert-OH is 1. The number of hydrogen-bond acceptors (Lipinski definition) is 7. The Morgan fingerprint density at radius 3 is 2.90 bits per heavy atom. The Hall–Kier alpha value is -1.96. The van der Waals surface area contributed by atoms with Gasteiger partial charge in [-0.15, -0.1) is 0 Å². The molecule has 3 atom stereocenters. The number of aliphatic hydroxyl groups is 1. The Labute approximate surface area is 116 Å². The highest BCUT2D eigenvalue weighted by Gasteiger charge is 2.44. The maximum Gasteiger partial charge on any atom is 0.353 e. The maximum atomic E-state index is 11.3. The molecule has 2 aliphatic rings. The lowest BCUT2D eigenvalue weighted by molar-refractivity contribution is -0.383. The van der Waals surface area contributed by atoms with Gasteiger partial charge in [-0.25, -0.2) is 9.97 Å². The van der Waals surface area contributed by atoms with Gasteiger partial charge in [0, 0.05) is 26.1 Å². The first kappa shape index (κ1) is 13.0. The maximum absolute atomic E-state index is 11.3. The molecular formula is C12H17N5O3. The zero-order chi connectivity index (χ0) is 14.3. The molecule has 2 fully saturated rings. The summed E-state index contributed by atoms with van der Waals surface area (Å²) in [5, 5.41) is 23.9. The van der Waals surface area contributed by atoms with E-state index in [0.29, 0.717) is 24.8 Å². The first-order valence-corrected chi connectivity index (χ1v) is 6.72. The molecule has 0 spiro atoms. The van der Waals surface area contributed by atoms with Gasteiger partial charge in [0.25, 0.3) is 0 Å². The van der Waals surface area contributed by atoms with E-state index in [-0.39, 0.29) is 23.5 Å². The molecule has 3 unspecified atom stereocenters. The summed E-state index contributed by atoms with van der Waals surface area (Å²) in [5.41, 5.74) is -0.0931. The fraction of sp³-hybridized carbons (Fsp3) is 0.667. The van der Waals surface area contributed by atoms with E-state index >= 15 is 0 Å². The molecule has 3 rings (SSSR count). The van der Waals surface area contributed by atoms with Gasteiger partial charge in [-0.3, -0.25) is 10.1 Å².